The van der Waals surface area contributed by atoms with E-state index in [1.807, 2.05) is 25.1 Å². The van der Waals surface area contributed by atoms with Gasteiger partial charge in [0.05, 0.1) is 5.41 Å². The molecule has 2 aromatic rings. The average Bonchev–Trinajstić information content (AvgIpc) is 2.90. The number of benzene rings is 1. The van der Waals surface area contributed by atoms with Crippen molar-refractivity contribution in [1.29, 1.82) is 0 Å². The summed E-state index contributed by atoms with van der Waals surface area (Å²) in [6.45, 7) is 3.60. The molecule has 1 aromatic heterocycles. The van der Waals surface area contributed by atoms with Crippen LogP contribution in [0, 0.1) is 5.41 Å². The Bertz CT molecular complexity index is 700. The van der Waals surface area contributed by atoms with Gasteiger partial charge in [0.2, 0.25) is 5.91 Å². The maximum atomic E-state index is 12.1. The van der Waals surface area contributed by atoms with Crippen LogP contribution >= 0.6 is 0 Å². The van der Waals surface area contributed by atoms with Crippen molar-refractivity contribution in [2.24, 2.45) is 5.41 Å². The van der Waals surface area contributed by atoms with E-state index in [2.05, 4.69) is 15.2 Å². The molecule has 110 valence electrons. The van der Waals surface area contributed by atoms with Crippen LogP contribution in [0.25, 0.3) is 10.8 Å². The number of hydrogen-bond donors (Lipinski definition) is 2. The molecular formula is C16H20N4O. The Kier molecular flexibility index (Phi) is 3.20. The summed E-state index contributed by atoms with van der Waals surface area (Å²) in [5, 5.41) is 4.82. The SMILES string of the molecule is CNC(=O)C1(C)CCN(c2ccc(N)c3cnccc23)C1. The fourth-order valence-corrected chi connectivity index (χ4v) is 3.13. The molecule has 5 heteroatoms. The number of anilines is 2. The van der Waals surface area contributed by atoms with Crippen molar-refractivity contribution in [3.8, 4) is 0 Å². The first-order chi connectivity index (χ1) is 10.0. The quantitative estimate of drug-likeness (QED) is 0.825. The van der Waals surface area contributed by atoms with Crippen molar-refractivity contribution in [1.82, 2.24) is 10.3 Å². The molecule has 1 amide bonds. The monoisotopic (exact) mass is 284 g/mol. The van der Waals surface area contributed by atoms with Gasteiger partial charge in [-0.15, -0.1) is 0 Å². The highest BCUT2D eigenvalue weighted by atomic mass is 16.2. The van der Waals surface area contributed by atoms with E-state index in [9.17, 15) is 4.79 Å². The summed E-state index contributed by atoms with van der Waals surface area (Å²) < 4.78 is 0. The minimum Gasteiger partial charge on any atom is -0.398 e. The molecule has 1 aliphatic heterocycles. The fraction of sp³-hybridized carbons (Fsp3) is 0.375. The summed E-state index contributed by atoms with van der Waals surface area (Å²) in [6, 6.07) is 5.93. The number of fused-ring (bicyclic) bond motifs is 1. The first-order valence-corrected chi connectivity index (χ1v) is 7.14. The number of nitrogens with two attached hydrogens (primary N) is 1. The van der Waals surface area contributed by atoms with Gasteiger partial charge in [-0.2, -0.15) is 0 Å². The normalized spacial score (nSPS) is 21.7. The van der Waals surface area contributed by atoms with Crippen molar-refractivity contribution in [3.63, 3.8) is 0 Å². The van der Waals surface area contributed by atoms with E-state index in [-0.39, 0.29) is 11.3 Å². The molecule has 1 atom stereocenters. The number of hydrogen-bond acceptors (Lipinski definition) is 4. The van der Waals surface area contributed by atoms with Crippen LogP contribution in [0.2, 0.25) is 0 Å². The largest absolute Gasteiger partial charge is 0.398 e. The number of aromatic nitrogens is 1. The Morgan fingerprint density at radius 1 is 1.38 bits per heavy atom. The minimum absolute atomic E-state index is 0.103. The molecule has 3 rings (SSSR count). The minimum atomic E-state index is -0.338. The highest BCUT2D eigenvalue weighted by Gasteiger charge is 2.40. The lowest BCUT2D eigenvalue weighted by Gasteiger charge is -2.25. The van der Waals surface area contributed by atoms with Gasteiger partial charge in [0.25, 0.3) is 0 Å². The second-order valence-electron chi connectivity index (χ2n) is 5.91. The predicted molar refractivity (Wildman–Crippen MR) is 85.2 cm³/mol. The number of nitrogen functional groups attached to an aromatic ring is 1. The number of nitrogens with one attached hydrogen (secondary N) is 1. The van der Waals surface area contributed by atoms with Crippen molar-refractivity contribution < 1.29 is 4.79 Å². The number of nitrogens with zero attached hydrogens (tertiary/aromatic N) is 2. The molecular weight excluding hydrogens is 264 g/mol. The molecule has 1 saturated heterocycles. The fourth-order valence-electron chi connectivity index (χ4n) is 3.13. The van der Waals surface area contributed by atoms with Gasteiger partial charge >= 0.3 is 0 Å². The van der Waals surface area contributed by atoms with Gasteiger partial charge in [-0.1, -0.05) is 0 Å². The molecule has 5 nitrogen and oxygen atoms in total. The molecule has 21 heavy (non-hydrogen) atoms. The molecule has 1 fully saturated rings. The highest BCUT2D eigenvalue weighted by molar-refractivity contribution is 6.01. The molecule has 0 saturated carbocycles. The Morgan fingerprint density at radius 2 is 2.19 bits per heavy atom. The van der Waals surface area contributed by atoms with Crippen molar-refractivity contribution in [2.45, 2.75) is 13.3 Å². The van der Waals surface area contributed by atoms with E-state index in [0.29, 0.717) is 6.54 Å². The summed E-state index contributed by atoms with van der Waals surface area (Å²) in [4.78, 5) is 18.5. The number of amides is 1. The Labute approximate surface area is 124 Å². The summed E-state index contributed by atoms with van der Waals surface area (Å²) in [5.74, 6) is 0.103. The zero-order chi connectivity index (χ0) is 15.0. The van der Waals surface area contributed by atoms with Crippen LogP contribution in [-0.4, -0.2) is 31.0 Å². The van der Waals surface area contributed by atoms with Gasteiger partial charge in [0, 0.05) is 54.7 Å². The number of carbonyl (C=O) groups is 1. The average molecular weight is 284 g/mol. The third-order valence-electron chi connectivity index (χ3n) is 4.42. The predicted octanol–water partition coefficient (Wildman–Crippen LogP) is 1.78. The lowest BCUT2D eigenvalue weighted by atomic mass is 9.89. The van der Waals surface area contributed by atoms with Gasteiger partial charge < -0.3 is 16.0 Å². The number of rotatable bonds is 2. The van der Waals surface area contributed by atoms with E-state index >= 15 is 0 Å². The van der Waals surface area contributed by atoms with Crippen molar-refractivity contribution in [3.05, 3.63) is 30.6 Å². The Hall–Kier alpha value is -2.30. The van der Waals surface area contributed by atoms with Crippen LogP contribution in [0.4, 0.5) is 11.4 Å². The second-order valence-corrected chi connectivity index (χ2v) is 5.91. The molecule has 2 heterocycles. The topological polar surface area (TPSA) is 71.2 Å². The summed E-state index contributed by atoms with van der Waals surface area (Å²) in [6.07, 6.45) is 4.42. The Balaban J connectivity index is 2.00. The lowest BCUT2D eigenvalue weighted by molar-refractivity contribution is -0.128. The molecule has 1 aromatic carbocycles. The summed E-state index contributed by atoms with van der Waals surface area (Å²) in [7, 11) is 1.69. The van der Waals surface area contributed by atoms with Crippen LogP contribution in [-0.2, 0) is 4.79 Å². The maximum Gasteiger partial charge on any atom is 0.227 e. The van der Waals surface area contributed by atoms with Crippen LogP contribution < -0.4 is 16.0 Å². The molecule has 0 spiro atoms. The standard InChI is InChI=1S/C16H20N4O/c1-16(15(21)18-2)6-8-20(10-16)14-4-3-13(17)12-9-19-7-5-11(12)14/h3-5,7,9H,6,8,10,17H2,1-2H3,(H,18,21). The summed E-state index contributed by atoms with van der Waals surface area (Å²) >= 11 is 0. The van der Waals surface area contributed by atoms with Gasteiger partial charge in [-0.3, -0.25) is 9.78 Å². The van der Waals surface area contributed by atoms with E-state index in [4.69, 9.17) is 5.73 Å². The molecule has 1 unspecified atom stereocenters. The lowest BCUT2D eigenvalue weighted by Crippen LogP contribution is -2.39. The zero-order valence-corrected chi connectivity index (χ0v) is 12.4. The van der Waals surface area contributed by atoms with Crippen molar-refractivity contribution in [2.75, 3.05) is 30.8 Å². The maximum absolute atomic E-state index is 12.1. The van der Waals surface area contributed by atoms with E-state index < -0.39 is 0 Å². The number of carbonyl (C=O) groups excluding carboxylic acids is 1. The van der Waals surface area contributed by atoms with E-state index in [1.54, 1.807) is 19.4 Å². The first-order valence-electron chi connectivity index (χ1n) is 7.14. The molecule has 3 N–H and O–H groups in total. The molecule has 0 aliphatic carbocycles. The van der Waals surface area contributed by atoms with E-state index in [1.165, 1.54) is 0 Å². The van der Waals surface area contributed by atoms with Gasteiger partial charge in [0.15, 0.2) is 0 Å². The van der Waals surface area contributed by atoms with Crippen LogP contribution in [0.15, 0.2) is 30.6 Å². The second kappa shape index (κ2) is 4.91. The summed E-state index contributed by atoms with van der Waals surface area (Å²) in [5.41, 5.74) is 7.54. The van der Waals surface area contributed by atoms with E-state index in [0.717, 1.165) is 35.1 Å². The van der Waals surface area contributed by atoms with Gasteiger partial charge in [-0.25, -0.2) is 0 Å². The Morgan fingerprint density at radius 3 is 2.95 bits per heavy atom. The number of pyridine rings is 1. The molecule has 0 bridgehead atoms. The third kappa shape index (κ3) is 2.18. The third-order valence-corrected chi connectivity index (χ3v) is 4.42. The molecule has 1 aliphatic rings. The van der Waals surface area contributed by atoms with Crippen LogP contribution in [0.3, 0.4) is 0 Å². The van der Waals surface area contributed by atoms with Gasteiger partial charge in [0.1, 0.15) is 0 Å². The van der Waals surface area contributed by atoms with Gasteiger partial charge in [-0.05, 0) is 31.5 Å². The molecule has 0 radical (unpaired) electrons. The first kappa shape index (κ1) is 13.7. The van der Waals surface area contributed by atoms with Crippen LogP contribution in [0.1, 0.15) is 13.3 Å². The van der Waals surface area contributed by atoms with Crippen LogP contribution in [0.5, 0.6) is 0 Å². The zero-order valence-electron chi connectivity index (χ0n) is 12.4. The highest BCUT2D eigenvalue weighted by Crippen LogP contribution is 2.37. The van der Waals surface area contributed by atoms with Crippen molar-refractivity contribution >= 4 is 28.1 Å². The smallest absolute Gasteiger partial charge is 0.227 e.